The summed E-state index contributed by atoms with van der Waals surface area (Å²) in [4.78, 5) is 4.44. The molecule has 0 aliphatic carbocycles. The van der Waals surface area contributed by atoms with Crippen molar-refractivity contribution in [3.8, 4) is 46.7 Å². The van der Waals surface area contributed by atoms with Crippen LogP contribution in [0.15, 0.2) is 85.1 Å². The lowest BCUT2D eigenvalue weighted by atomic mass is 10.1. The second kappa shape index (κ2) is 14.2. The number of fused-ring (bicyclic) bond motifs is 2. The number of hydrogen-bond donors (Lipinski definition) is 1. The van der Waals surface area contributed by atoms with Crippen molar-refractivity contribution in [2.45, 2.75) is 65.0 Å². The predicted octanol–water partition coefficient (Wildman–Crippen LogP) is 7.52. The first-order chi connectivity index (χ1) is 21.0. The fourth-order valence-corrected chi connectivity index (χ4v) is 4.59. The Bertz CT molecular complexity index is 1670. The fraction of sp³-hybridized carbons (Fsp3) is 0.270. The predicted molar refractivity (Wildman–Crippen MR) is 170 cm³/mol. The molecule has 2 aromatic carbocycles. The summed E-state index contributed by atoms with van der Waals surface area (Å²) in [5, 5.41) is 0. The quantitative estimate of drug-likeness (QED) is 0.211. The maximum absolute atomic E-state index is 6.45. The first-order valence-electron chi connectivity index (χ1n) is 14.8. The highest BCUT2D eigenvalue weighted by atomic mass is 16.7. The van der Waals surface area contributed by atoms with Gasteiger partial charge in [0.2, 0.25) is 12.6 Å². The minimum absolute atomic E-state index is 0.222. The van der Waals surface area contributed by atoms with Crippen molar-refractivity contribution in [3.63, 3.8) is 0 Å². The van der Waals surface area contributed by atoms with Crippen LogP contribution in [0.5, 0.6) is 23.0 Å². The van der Waals surface area contributed by atoms with Crippen LogP contribution in [0.2, 0.25) is 0 Å². The van der Waals surface area contributed by atoms with Crippen LogP contribution in [-0.2, 0) is 0 Å². The summed E-state index contributed by atoms with van der Waals surface area (Å²) in [6.45, 7) is 8.12. The van der Waals surface area contributed by atoms with E-state index in [0.717, 1.165) is 78.2 Å². The molecule has 2 N–H and O–H groups in total. The van der Waals surface area contributed by atoms with Gasteiger partial charge in [-0.25, -0.2) is 0 Å². The molecule has 0 spiro atoms. The van der Waals surface area contributed by atoms with E-state index < -0.39 is 0 Å². The van der Waals surface area contributed by atoms with E-state index >= 15 is 0 Å². The number of benzene rings is 2. The number of pyridine rings is 1. The third-order valence-corrected chi connectivity index (χ3v) is 6.87. The summed E-state index contributed by atoms with van der Waals surface area (Å²) >= 11 is 0. The number of hydrogen-bond acceptors (Lipinski definition) is 6. The number of ether oxygens (including phenoxy) is 4. The molecule has 0 fully saturated rings. The van der Waals surface area contributed by atoms with E-state index in [1.165, 1.54) is 0 Å². The Balaban J connectivity index is 1.27. The van der Waals surface area contributed by atoms with E-state index in [9.17, 15) is 0 Å². The molecule has 3 aromatic rings. The zero-order valence-electron chi connectivity index (χ0n) is 24.7. The van der Waals surface area contributed by atoms with E-state index in [0.29, 0.717) is 17.0 Å². The second-order valence-electron chi connectivity index (χ2n) is 10.3. The largest absolute Gasteiger partial charge is 0.451 e. The van der Waals surface area contributed by atoms with Crippen molar-refractivity contribution in [3.05, 3.63) is 107 Å². The van der Waals surface area contributed by atoms with Gasteiger partial charge in [-0.05, 0) is 73.5 Å². The molecular formula is C37H36N2O4. The number of allylic oxidation sites excluding steroid dienone is 4. The molecule has 2 aliphatic heterocycles. The van der Waals surface area contributed by atoms with Crippen LogP contribution in [0.1, 0.15) is 74.8 Å². The van der Waals surface area contributed by atoms with Gasteiger partial charge in [0.05, 0.1) is 11.4 Å². The van der Waals surface area contributed by atoms with Gasteiger partial charge in [0.15, 0.2) is 23.0 Å². The van der Waals surface area contributed by atoms with Crippen LogP contribution in [0.3, 0.4) is 0 Å². The summed E-state index contributed by atoms with van der Waals surface area (Å²) in [6, 6.07) is 15.2. The summed E-state index contributed by atoms with van der Waals surface area (Å²) in [7, 11) is 0. The molecule has 3 heterocycles. The van der Waals surface area contributed by atoms with Crippen molar-refractivity contribution in [1.29, 1.82) is 0 Å². The van der Waals surface area contributed by atoms with Crippen LogP contribution in [-0.4, -0.2) is 17.6 Å². The van der Waals surface area contributed by atoms with Crippen molar-refractivity contribution >= 4 is 5.70 Å². The lowest BCUT2D eigenvalue weighted by molar-refractivity contribution is 0.0397. The van der Waals surface area contributed by atoms with Crippen LogP contribution >= 0.6 is 0 Å². The SMILES string of the molecule is C=C/C=C(C#Cc1ccc2c(c1)OC(CCCC)O2)\C=C(/N)c1cc(C#Cc2ccc3c(c2)OC(CCCC)O3)ccn1. The van der Waals surface area contributed by atoms with Crippen molar-refractivity contribution < 1.29 is 18.9 Å². The molecule has 2 atom stereocenters. The molecule has 0 amide bonds. The summed E-state index contributed by atoms with van der Waals surface area (Å²) < 4.78 is 23.6. The molecule has 0 saturated carbocycles. The monoisotopic (exact) mass is 572 g/mol. The Kier molecular flexibility index (Phi) is 9.72. The van der Waals surface area contributed by atoms with E-state index in [1.807, 2.05) is 54.6 Å². The maximum atomic E-state index is 6.45. The average molecular weight is 573 g/mol. The van der Waals surface area contributed by atoms with Gasteiger partial charge >= 0.3 is 0 Å². The average Bonchev–Trinajstić information content (AvgIpc) is 3.63. The summed E-state index contributed by atoms with van der Waals surface area (Å²) in [5.74, 6) is 15.7. The van der Waals surface area contributed by atoms with Gasteiger partial charge < -0.3 is 24.7 Å². The van der Waals surface area contributed by atoms with Gasteiger partial charge in [-0.1, -0.05) is 63.0 Å². The highest BCUT2D eigenvalue weighted by molar-refractivity contribution is 5.67. The van der Waals surface area contributed by atoms with Crippen LogP contribution in [0, 0.1) is 23.7 Å². The third kappa shape index (κ3) is 7.82. The molecule has 1 aromatic heterocycles. The number of rotatable bonds is 9. The Morgan fingerprint density at radius 3 is 1.93 bits per heavy atom. The molecule has 2 unspecified atom stereocenters. The zero-order chi connectivity index (χ0) is 30.0. The van der Waals surface area contributed by atoms with E-state index in [4.69, 9.17) is 24.7 Å². The van der Waals surface area contributed by atoms with Crippen molar-refractivity contribution in [1.82, 2.24) is 4.98 Å². The fourth-order valence-electron chi connectivity index (χ4n) is 4.59. The van der Waals surface area contributed by atoms with Crippen molar-refractivity contribution in [2.75, 3.05) is 0 Å². The van der Waals surface area contributed by atoms with Crippen LogP contribution in [0.25, 0.3) is 5.70 Å². The minimum atomic E-state index is -0.231. The molecule has 0 bridgehead atoms. The van der Waals surface area contributed by atoms with Gasteiger partial charge in [-0.15, -0.1) is 0 Å². The zero-order valence-corrected chi connectivity index (χ0v) is 24.7. The summed E-state index contributed by atoms with van der Waals surface area (Å²) in [6.07, 6.45) is 12.6. The van der Waals surface area contributed by atoms with E-state index in [1.54, 1.807) is 18.3 Å². The Labute approximate surface area is 254 Å². The van der Waals surface area contributed by atoms with Gasteiger partial charge in [0.1, 0.15) is 0 Å². The molecular weight excluding hydrogens is 536 g/mol. The number of aromatic nitrogens is 1. The smallest absolute Gasteiger partial charge is 0.241 e. The lowest BCUT2D eigenvalue weighted by Gasteiger charge is -2.08. The highest BCUT2D eigenvalue weighted by Crippen LogP contribution is 2.37. The molecule has 6 heteroatoms. The molecule has 218 valence electrons. The van der Waals surface area contributed by atoms with Crippen molar-refractivity contribution in [2.24, 2.45) is 5.73 Å². The Morgan fingerprint density at radius 1 is 0.791 bits per heavy atom. The number of nitrogens with two attached hydrogens (primary N) is 1. The van der Waals surface area contributed by atoms with Gasteiger partial charge in [0, 0.05) is 41.3 Å². The van der Waals surface area contributed by atoms with Gasteiger partial charge in [0.25, 0.3) is 0 Å². The van der Waals surface area contributed by atoms with Crippen LogP contribution in [0.4, 0.5) is 0 Å². The highest BCUT2D eigenvalue weighted by Gasteiger charge is 2.24. The van der Waals surface area contributed by atoms with Crippen LogP contribution < -0.4 is 24.7 Å². The Hall–Kier alpha value is -5.07. The molecule has 6 nitrogen and oxygen atoms in total. The minimum Gasteiger partial charge on any atom is -0.451 e. The normalized spacial score (nSPS) is 16.6. The van der Waals surface area contributed by atoms with Gasteiger partial charge in [-0.3, -0.25) is 4.98 Å². The topological polar surface area (TPSA) is 75.8 Å². The first-order valence-corrected chi connectivity index (χ1v) is 14.8. The molecule has 0 radical (unpaired) electrons. The molecule has 43 heavy (non-hydrogen) atoms. The second-order valence-corrected chi connectivity index (χ2v) is 10.3. The van der Waals surface area contributed by atoms with E-state index in [2.05, 4.69) is 49.1 Å². The Morgan fingerprint density at radius 2 is 1.35 bits per heavy atom. The lowest BCUT2D eigenvalue weighted by Crippen LogP contribution is -2.17. The maximum Gasteiger partial charge on any atom is 0.241 e. The van der Waals surface area contributed by atoms with Gasteiger partial charge in [-0.2, -0.15) is 0 Å². The summed E-state index contributed by atoms with van der Waals surface area (Å²) in [5.41, 5.74) is 10.7. The molecule has 0 saturated heterocycles. The number of unbranched alkanes of at least 4 members (excludes halogenated alkanes) is 2. The third-order valence-electron chi connectivity index (χ3n) is 6.87. The standard InChI is InChI=1S/C37H36N2O4/c1-4-7-10-36-40-32-18-16-27(24-34(32)42-36)13-12-26(9-6-3)22-30(38)31-23-29(20-21-39-31)15-14-28-17-19-33-35(25-28)43-37(41-33)11-8-5-2/h6,9,16-25,36-37H,3-5,7-8,10-11,38H2,1-2H3/b26-9-,30-22-. The first kappa shape index (κ1) is 29.4. The molecule has 5 rings (SSSR count). The molecule has 2 aliphatic rings. The number of nitrogens with zero attached hydrogens (tertiary/aromatic N) is 1. The van der Waals surface area contributed by atoms with E-state index in [-0.39, 0.29) is 12.6 Å².